The van der Waals surface area contributed by atoms with Crippen LogP contribution in [0.4, 0.5) is 0 Å². The van der Waals surface area contributed by atoms with E-state index in [2.05, 4.69) is 0 Å². The van der Waals surface area contributed by atoms with Crippen molar-refractivity contribution in [2.24, 2.45) is 0 Å². The predicted molar refractivity (Wildman–Crippen MR) is 90.1 cm³/mol. The van der Waals surface area contributed by atoms with Crippen LogP contribution in [0, 0.1) is 6.92 Å². The predicted octanol–water partition coefficient (Wildman–Crippen LogP) is 2.99. The number of carbonyl (C=O) groups is 1. The van der Waals surface area contributed by atoms with Gasteiger partial charge < -0.3 is 19.9 Å². The van der Waals surface area contributed by atoms with Crippen LogP contribution < -0.4 is 0 Å². The van der Waals surface area contributed by atoms with Gasteiger partial charge in [-0.3, -0.25) is 0 Å². The van der Waals surface area contributed by atoms with Crippen LogP contribution in [-0.2, 0) is 12.0 Å². The molecule has 0 saturated heterocycles. The van der Waals surface area contributed by atoms with Crippen LogP contribution in [0.1, 0.15) is 61.0 Å². The zero-order valence-electron chi connectivity index (χ0n) is 14.3. The standard InChI is InChI=1S/C18H25NO4/c1-10-15(11(2)21)13-8-12(17(22)23)9-14(18(3,4)5)16(13)19(10)6-7-20/h8-9,11,20-21H,6-7H2,1-5H3,(H,22,23). The lowest BCUT2D eigenvalue weighted by Gasteiger charge is -2.23. The number of aromatic nitrogens is 1. The number of fused-ring (bicyclic) bond motifs is 1. The molecule has 0 aliphatic heterocycles. The van der Waals surface area contributed by atoms with E-state index >= 15 is 0 Å². The third kappa shape index (κ3) is 2.99. The second-order valence-corrected chi connectivity index (χ2v) is 7.03. The fourth-order valence-electron chi connectivity index (χ4n) is 3.24. The lowest BCUT2D eigenvalue weighted by atomic mass is 9.84. The number of benzene rings is 1. The largest absolute Gasteiger partial charge is 0.478 e. The number of rotatable bonds is 4. The summed E-state index contributed by atoms with van der Waals surface area (Å²) in [5, 5.41) is 29.8. The van der Waals surface area contributed by atoms with E-state index in [1.54, 1.807) is 19.1 Å². The first-order valence-corrected chi connectivity index (χ1v) is 7.79. The molecule has 1 aromatic carbocycles. The van der Waals surface area contributed by atoms with Crippen LogP contribution in [0.5, 0.6) is 0 Å². The Kier molecular flexibility index (Phi) is 4.55. The monoisotopic (exact) mass is 319 g/mol. The number of aliphatic hydroxyl groups excluding tert-OH is 2. The van der Waals surface area contributed by atoms with Gasteiger partial charge in [-0.1, -0.05) is 20.8 Å². The summed E-state index contributed by atoms with van der Waals surface area (Å²) in [4.78, 5) is 11.5. The normalized spacial score (nSPS) is 13.5. The van der Waals surface area contributed by atoms with Crippen molar-refractivity contribution in [2.45, 2.75) is 52.7 Å². The molecule has 1 unspecified atom stereocenters. The molecule has 23 heavy (non-hydrogen) atoms. The number of aliphatic hydroxyl groups is 2. The molecule has 1 atom stereocenters. The van der Waals surface area contributed by atoms with Crippen molar-refractivity contribution in [1.29, 1.82) is 0 Å². The Morgan fingerprint density at radius 3 is 2.35 bits per heavy atom. The Morgan fingerprint density at radius 1 is 1.30 bits per heavy atom. The Balaban J connectivity index is 3.02. The van der Waals surface area contributed by atoms with E-state index in [0.29, 0.717) is 6.54 Å². The van der Waals surface area contributed by atoms with Gasteiger partial charge >= 0.3 is 5.97 Å². The third-order valence-corrected chi connectivity index (χ3v) is 4.26. The van der Waals surface area contributed by atoms with E-state index in [4.69, 9.17) is 0 Å². The maximum atomic E-state index is 11.5. The van der Waals surface area contributed by atoms with Crippen molar-refractivity contribution in [3.63, 3.8) is 0 Å². The molecule has 1 aromatic heterocycles. The van der Waals surface area contributed by atoms with Crippen molar-refractivity contribution in [1.82, 2.24) is 4.57 Å². The lowest BCUT2D eigenvalue weighted by molar-refractivity contribution is 0.0697. The number of carboxylic acids is 1. The second kappa shape index (κ2) is 5.98. The molecule has 2 rings (SSSR count). The van der Waals surface area contributed by atoms with Gasteiger partial charge in [0, 0.05) is 23.2 Å². The molecule has 0 bridgehead atoms. The van der Waals surface area contributed by atoms with E-state index in [1.807, 2.05) is 32.3 Å². The molecular formula is C18H25NO4. The van der Waals surface area contributed by atoms with Crippen LogP contribution in [0.25, 0.3) is 10.9 Å². The molecule has 5 nitrogen and oxygen atoms in total. The van der Waals surface area contributed by atoms with Gasteiger partial charge in [0.15, 0.2) is 0 Å². The molecule has 3 N–H and O–H groups in total. The Morgan fingerprint density at radius 2 is 1.91 bits per heavy atom. The quantitative estimate of drug-likeness (QED) is 0.809. The third-order valence-electron chi connectivity index (χ3n) is 4.26. The number of aromatic carboxylic acids is 1. The molecule has 126 valence electrons. The van der Waals surface area contributed by atoms with Crippen LogP contribution in [0.15, 0.2) is 12.1 Å². The van der Waals surface area contributed by atoms with E-state index in [0.717, 1.165) is 27.7 Å². The Labute approximate surface area is 136 Å². The van der Waals surface area contributed by atoms with Crippen molar-refractivity contribution in [3.05, 3.63) is 34.5 Å². The highest BCUT2D eigenvalue weighted by atomic mass is 16.4. The first-order valence-electron chi connectivity index (χ1n) is 7.79. The van der Waals surface area contributed by atoms with Crippen molar-refractivity contribution in [3.8, 4) is 0 Å². The number of carboxylic acid groups (broad SMARTS) is 1. The van der Waals surface area contributed by atoms with Crippen LogP contribution >= 0.6 is 0 Å². The van der Waals surface area contributed by atoms with Crippen LogP contribution in [0.2, 0.25) is 0 Å². The molecule has 2 aromatic rings. The molecule has 0 aliphatic carbocycles. The summed E-state index contributed by atoms with van der Waals surface area (Å²) in [5.41, 5.74) is 3.32. The minimum atomic E-state index is -0.985. The molecule has 0 amide bonds. The van der Waals surface area contributed by atoms with Crippen LogP contribution in [-0.4, -0.2) is 32.5 Å². The maximum Gasteiger partial charge on any atom is 0.335 e. The average Bonchev–Trinajstić information content (AvgIpc) is 2.69. The summed E-state index contributed by atoms with van der Waals surface area (Å²) in [6, 6.07) is 3.32. The summed E-state index contributed by atoms with van der Waals surface area (Å²) in [5.74, 6) is -0.985. The zero-order valence-corrected chi connectivity index (χ0v) is 14.3. The molecule has 1 heterocycles. The fourth-order valence-corrected chi connectivity index (χ4v) is 3.24. The molecular weight excluding hydrogens is 294 g/mol. The highest BCUT2D eigenvalue weighted by Crippen LogP contribution is 2.38. The van der Waals surface area contributed by atoms with Gasteiger partial charge in [-0.15, -0.1) is 0 Å². The smallest absolute Gasteiger partial charge is 0.335 e. The maximum absolute atomic E-state index is 11.5. The highest BCUT2D eigenvalue weighted by molar-refractivity contribution is 5.97. The average molecular weight is 319 g/mol. The fraction of sp³-hybridized carbons (Fsp3) is 0.500. The number of hydrogen-bond donors (Lipinski definition) is 3. The molecule has 0 spiro atoms. The minimum Gasteiger partial charge on any atom is -0.478 e. The summed E-state index contributed by atoms with van der Waals surface area (Å²) < 4.78 is 1.98. The van der Waals surface area contributed by atoms with E-state index in [1.165, 1.54) is 0 Å². The van der Waals surface area contributed by atoms with Crippen molar-refractivity contribution >= 4 is 16.9 Å². The topological polar surface area (TPSA) is 82.7 Å². The Hall–Kier alpha value is -1.85. The summed E-state index contributed by atoms with van der Waals surface area (Å²) in [6.45, 7) is 10.0. The van der Waals surface area contributed by atoms with Gasteiger partial charge in [-0.2, -0.15) is 0 Å². The van der Waals surface area contributed by atoms with E-state index < -0.39 is 12.1 Å². The SMILES string of the molecule is Cc1c(C(C)O)c2cc(C(=O)O)cc(C(C)(C)C)c2n1CCO. The lowest BCUT2D eigenvalue weighted by Crippen LogP contribution is -2.16. The Bertz CT molecular complexity index is 751. The molecule has 0 radical (unpaired) electrons. The molecule has 0 saturated carbocycles. The summed E-state index contributed by atoms with van der Waals surface area (Å²) in [6.07, 6.45) is -0.714. The van der Waals surface area contributed by atoms with E-state index in [9.17, 15) is 20.1 Å². The number of hydrogen-bond acceptors (Lipinski definition) is 3. The first kappa shape index (κ1) is 17.5. The first-order chi connectivity index (χ1) is 10.6. The van der Waals surface area contributed by atoms with Gasteiger partial charge in [0.25, 0.3) is 0 Å². The van der Waals surface area contributed by atoms with Gasteiger partial charge in [-0.25, -0.2) is 4.79 Å². The van der Waals surface area contributed by atoms with Crippen molar-refractivity contribution < 1.29 is 20.1 Å². The van der Waals surface area contributed by atoms with Gasteiger partial charge in [-0.05, 0) is 37.0 Å². The van der Waals surface area contributed by atoms with Crippen LogP contribution in [0.3, 0.4) is 0 Å². The van der Waals surface area contributed by atoms with Gasteiger partial charge in [0.2, 0.25) is 0 Å². The van der Waals surface area contributed by atoms with Crippen molar-refractivity contribution in [2.75, 3.05) is 6.61 Å². The number of nitrogens with zero attached hydrogens (tertiary/aromatic N) is 1. The molecule has 5 heteroatoms. The van der Waals surface area contributed by atoms with Gasteiger partial charge in [0.1, 0.15) is 0 Å². The highest BCUT2D eigenvalue weighted by Gasteiger charge is 2.26. The second-order valence-electron chi connectivity index (χ2n) is 7.03. The summed E-state index contributed by atoms with van der Waals surface area (Å²) in [7, 11) is 0. The molecule has 0 fully saturated rings. The minimum absolute atomic E-state index is 0.0197. The van der Waals surface area contributed by atoms with E-state index in [-0.39, 0.29) is 17.6 Å². The van der Waals surface area contributed by atoms with Gasteiger partial charge in [0.05, 0.1) is 23.8 Å². The zero-order chi connectivity index (χ0) is 17.5. The summed E-state index contributed by atoms with van der Waals surface area (Å²) >= 11 is 0. The molecule has 0 aliphatic rings.